The lowest BCUT2D eigenvalue weighted by atomic mass is 9.93. The van der Waals surface area contributed by atoms with Gasteiger partial charge in [0.05, 0.1) is 12.0 Å². The normalized spacial score (nSPS) is 15.1. The van der Waals surface area contributed by atoms with Crippen LogP contribution >= 0.6 is 15.9 Å². The van der Waals surface area contributed by atoms with Crippen LogP contribution in [0.15, 0.2) is 46.9 Å². The fraction of sp³-hybridized carbons (Fsp3) is 0.263. The summed E-state index contributed by atoms with van der Waals surface area (Å²) >= 11 is 3.34. The molecular formula is C19H18BrNO4. The van der Waals surface area contributed by atoms with E-state index in [1.165, 1.54) is 0 Å². The van der Waals surface area contributed by atoms with Gasteiger partial charge in [-0.05, 0) is 50.2 Å². The lowest BCUT2D eigenvalue weighted by molar-refractivity contribution is -0.118. The van der Waals surface area contributed by atoms with Crippen molar-refractivity contribution in [2.45, 2.75) is 25.9 Å². The number of ether oxygens (including phenoxy) is 2. The van der Waals surface area contributed by atoms with Crippen LogP contribution in [-0.4, -0.2) is 23.9 Å². The van der Waals surface area contributed by atoms with Crippen LogP contribution in [0.1, 0.15) is 30.6 Å². The van der Waals surface area contributed by atoms with Crippen LogP contribution in [0.25, 0.3) is 0 Å². The molecule has 130 valence electrons. The molecule has 0 saturated heterocycles. The molecule has 5 nitrogen and oxygen atoms in total. The van der Waals surface area contributed by atoms with Gasteiger partial charge in [-0.1, -0.05) is 15.9 Å². The number of carbonyl (C=O) groups excluding carboxylic acids is 2. The maximum atomic E-state index is 12.1. The highest BCUT2D eigenvalue weighted by atomic mass is 79.9. The Bertz CT molecular complexity index is 815. The maximum absolute atomic E-state index is 12.1. The highest BCUT2D eigenvalue weighted by Crippen LogP contribution is 2.35. The van der Waals surface area contributed by atoms with Gasteiger partial charge >= 0.3 is 0 Å². The van der Waals surface area contributed by atoms with Gasteiger partial charge in [0.15, 0.2) is 12.4 Å². The van der Waals surface area contributed by atoms with E-state index in [0.717, 1.165) is 4.47 Å². The van der Waals surface area contributed by atoms with Gasteiger partial charge in [-0.2, -0.15) is 0 Å². The molecule has 0 radical (unpaired) electrons. The van der Waals surface area contributed by atoms with Gasteiger partial charge in [0, 0.05) is 16.2 Å². The van der Waals surface area contributed by atoms with E-state index in [-0.39, 0.29) is 18.3 Å². The molecule has 1 N–H and O–H groups in total. The summed E-state index contributed by atoms with van der Waals surface area (Å²) in [5.74, 6) is 0.755. The number of hydrogen-bond acceptors (Lipinski definition) is 4. The monoisotopic (exact) mass is 403 g/mol. The molecule has 2 aromatic rings. The zero-order valence-corrected chi connectivity index (χ0v) is 15.6. The van der Waals surface area contributed by atoms with Gasteiger partial charge in [-0.25, -0.2) is 0 Å². The van der Waals surface area contributed by atoms with Gasteiger partial charge in [0.25, 0.3) is 5.91 Å². The number of fused-ring (bicyclic) bond motifs is 1. The molecule has 0 atom stereocenters. The van der Waals surface area contributed by atoms with Crippen LogP contribution in [0.5, 0.6) is 11.5 Å². The van der Waals surface area contributed by atoms with Gasteiger partial charge in [-0.15, -0.1) is 0 Å². The Morgan fingerprint density at radius 1 is 1.24 bits per heavy atom. The number of Topliss-reactive ketones (excluding diaryl/α,β-unsaturated/α-hetero) is 1. The molecule has 0 fully saturated rings. The number of ketones is 1. The standard InChI is InChI=1S/C19H18BrNO4/c1-19(2)10-16(22)15-8-7-14(9-17(15)25-19)24-11-18(23)21-13-5-3-12(20)4-6-13/h3-9H,10-11H2,1-2H3,(H,21,23). The highest BCUT2D eigenvalue weighted by molar-refractivity contribution is 9.10. The minimum atomic E-state index is -0.540. The van der Waals surface area contributed by atoms with E-state index in [2.05, 4.69) is 21.2 Å². The number of benzene rings is 2. The third-order valence-electron chi connectivity index (χ3n) is 3.72. The fourth-order valence-corrected chi connectivity index (χ4v) is 2.87. The van der Waals surface area contributed by atoms with E-state index in [0.29, 0.717) is 29.2 Å². The molecule has 25 heavy (non-hydrogen) atoms. The summed E-state index contributed by atoms with van der Waals surface area (Å²) in [6.45, 7) is 3.60. The topological polar surface area (TPSA) is 64.6 Å². The predicted octanol–water partition coefficient (Wildman–Crippen LogP) is 4.21. The molecule has 0 unspecified atom stereocenters. The predicted molar refractivity (Wildman–Crippen MR) is 98.4 cm³/mol. The van der Waals surface area contributed by atoms with Crippen LogP contribution in [0, 0.1) is 0 Å². The first-order valence-electron chi connectivity index (χ1n) is 7.87. The minimum absolute atomic E-state index is 0.0470. The first kappa shape index (κ1) is 17.5. The Hall–Kier alpha value is -2.34. The Morgan fingerprint density at radius 3 is 2.68 bits per heavy atom. The van der Waals surface area contributed by atoms with Crippen molar-refractivity contribution >= 4 is 33.3 Å². The van der Waals surface area contributed by atoms with Gasteiger partial charge < -0.3 is 14.8 Å². The maximum Gasteiger partial charge on any atom is 0.262 e. The van der Waals surface area contributed by atoms with Crippen molar-refractivity contribution in [3.8, 4) is 11.5 Å². The molecule has 0 aromatic heterocycles. The number of rotatable bonds is 4. The largest absolute Gasteiger partial charge is 0.486 e. The SMILES string of the molecule is CC1(C)CC(=O)c2ccc(OCC(=O)Nc3ccc(Br)cc3)cc2O1. The molecular weight excluding hydrogens is 386 g/mol. The van der Waals surface area contributed by atoms with Crippen LogP contribution in [0.2, 0.25) is 0 Å². The first-order valence-corrected chi connectivity index (χ1v) is 8.66. The Labute approximate surface area is 154 Å². The number of halogens is 1. The van der Waals surface area contributed by atoms with Crippen LogP contribution in [0.3, 0.4) is 0 Å². The van der Waals surface area contributed by atoms with E-state index in [1.807, 2.05) is 26.0 Å². The van der Waals surface area contributed by atoms with Gasteiger partial charge in [-0.3, -0.25) is 9.59 Å². The lowest BCUT2D eigenvalue weighted by Gasteiger charge is -2.31. The fourth-order valence-electron chi connectivity index (χ4n) is 2.60. The van der Waals surface area contributed by atoms with Crippen LogP contribution in [-0.2, 0) is 4.79 Å². The molecule has 0 aliphatic carbocycles. The number of anilines is 1. The van der Waals surface area contributed by atoms with Crippen molar-refractivity contribution in [2.24, 2.45) is 0 Å². The zero-order chi connectivity index (χ0) is 18.0. The first-order chi connectivity index (χ1) is 11.8. The van der Waals surface area contributed by atoms with Crippen molar-refractivity contribution in [3.05, 3.63) is 52.5 Å². The molecule has 6 heteroatoms. The molecule has 1 aliphatic heterocycles. The molecule has 0 spiro atoms. The zero-order valence-electron chi connectivity index (χ0n) is 14.0. The summed E-state index contributed by atoms with van der Waals surface area (Å²) in [6, 6.07) is 12.3. The molecule has 1 aliphatic rings. The van der Waals surface area contributed by atoms with Crippen molar-refractivity contribution in [3.63, 3.8) is 0 Å². The van der Waals surface area contributed by atoms with Gasteiger partial charge in [0.1, 0.15) is 17.1 Å². The van der Waals surface area contributed by atoms with Crippen molar-refractivity contribution in [1.29, 1.82) is 0 Å². The van der Waals surface area contributed by atoms with E-state index in [1.54, 1.807) is 30.3 Å². The lowest BCUT2D eigenvalue weighted by Crippen LogP contribution is -2.35. The molecule has 0 saturated carbocycles. The van der Waals surface area contributed by atoms with E-state index in [9.17, 15) is 9.59 Å². The number of amides is 1. The Balaban J connectivity index is 1.63. The van der Waals surface area contributed by atoms with Crippen molar-refractivity contribution in [2.75, 3.05) is 11.9 Å². The van der Waals surface area contributed by atoms with E-state index >= 15 is 0 Å². The van der Waals surface area contributed by atoms with Crippen LogP contribution in [0.4, 0.5) is 5.69 Å². The summed E-state index contributed by atoms with van der Waals surface area (Å²) in [5.41, 5.74) is 0.700. The molecule has 3 rings (SSSR count). The van der Waals surface area contributed by atoms with Gasteiger partial charge in [0.2, 0.25) is 0 Å². The quantitative estimate of drug-likeness (QED) is 0.829. The number of hydrogen-bond donors (Lipinski definition) is 1. The third kappa shape index (κ3) is 4.39. The minimum Gasteiger partial charge on any atom is -0.486 e. The summed E-state index contributed by atoms with van der Waals surface area (Å²) in [5, 5.41) is 2.75. The second-order valence-electron chi connectivity index (χ2n) is 6.46. The summed E-state index contributed by atoms with van der Waals surface area (Å²) in [6.07, 6.45) is 0.343. The molecule has 1 amide bonds. The second kappa shape index (κ2) is 6.88. The average Bonchev–Trinajstić information content (AvgIpc) is 2.53. The summed E-state index contributed by atoms with van der Waals surface area (Å²) in [7, 11) is 0. The summed E-state index contributed by atoms with van der Waals surface area (Å²) < 4.78 is 12.3. The van der Waals surface area contributed by atoms with E-state index in [4.69, 9.17) is 9.47 Å². The summed E-state index contributed by atoms with van der Waals surface area (Å²) in [4.78, 5) is 24.1. The number of carbonyl (C=O) groups is 2. The van der Waals surface area contributed by atoms with Crippen molar-refractivity contribution < 1.29 is 19.1 Å². The second-order valence-corrected chi connectivity index (χ2v) is 7.38. The molecule has 1 heterocycles. The Morgan fingerprint density at radius 2 is 1.96 bits per heavy atom. The number of nitrogens with one attached hydrogen (secondary N) is 1. The molecule has 2 aromatic carbocycles. The molecule has 0 bridgehead atoms. The average molecular weight is 404 g/mol. The Kier molecular flexibility index (Phi) is 4.81. The van der Waals surface area contributed by atoms with Crippen molar-refractivity contribution in [1.82, 2.24) is 0 Å². The third-order valence-corrected chi connectivity index (χ3v) is 4.25. The van der Waals surface area contributed by atoms with Crippen LogP contribution < -0.4 is 14.8 Å². The highest BCUT2D eigenvalue weighted by Gasteiger charge is 2.32. The van der Waals surface area contributed by atoms with E-state index < -0.39 is 5.60 Å². The smallest absolute Gasteiger partial charge is 0.262 e.